The highest BCUT2D eigenvalue weighted by Gasteiger charge is 2.24. The van der Waals surface area contributed by atoms with Crippen molar-refractivity contribution in [1.82, 2.24) is 10.6 Å². The molecule has 1 saturated heterocycles. The first kappa shape index (κ1) is 17.3. The summed E-state index contributed by atoms with van der Waals surface area (Å²) in [6.07, 6.45) is 2.10. The van der Waals surface area contributed by atoms with Gasteiger partial charge in [-0.25, -0.2) is 0 Å². The lowest BCUT2D eigenvalue weighted by atomic mass is 9.99. The van der Waals surface area contributed by atoms with Crippen LogP contribution in [0.5, 0.6) is 5.75 Å². The Morgan fingerprint density at radius 3 is 2.90 bits per heavy atom. The van der Waals surface area contributed by atoms with Crippen molar-refractivity contribution < 1.29 is 9.53 Å². The summed E-state index contributed by atoms with van der Waals surface area (Å²) < 4.78 is 6.15. The van der Waals surface area contributed by atoms with Crippen LogP contribution >= 0.6 is 28.3 Å². The van der Waals surface area contributed by atoms with Gasteiger partial charge in [0.2, 0.25) is 0 Å². The highest BCUT2D eigenvalue weighted by molar-refractivity contribution is 9.10. The lowest BCUT2D eigenvalue weighted by molar-refractivity contribution is 0.0917. The summed E-state index contributed by atoms with van der Waals surface area (Å²) >= 11 is 3.37. The maximum atomic E-state index is 12.3. The molecule has 0 radical (unpaired) electrons. The van der Waals surface area contributed by atoms with Crippen LogP contribution in [0, 0.1) is 0 Å². The number of amides is 1. The van der Waals surface area contributed by atoms with Gasteiger partial charge in [0.1, 0.15) is 5.75 Å². The minimum atomic E-state index is -0.0788. The number of rotatable bonds is 3. The molecular weight excluding hydrogens is 344 g/mol. The minimum absolute atomic E-state index is 0. The van der Waals surface area contributed by atoms with E-state index in [1.165, 1.54) is 0 Å². The van der Waals surface area contributed by atoms with Gasteiger partial charge in [0.25, 0.3) is 5.91 Å². The standard InChI is InChI=1S/C14H19BrN2O2.ClH/c1-9-12(4-3-7-16-9)17-14(18)11-6-5-10(15)8-13(11)19-2;/h5-6,8-9,12,16H,3-4,7H2,1-2H3,(H,17,18);1H. The number of piperidine rings is 1. The second-order valence-electron chi connectivity index (χ2n) is 4.81. The van der Waals surface area contributed by atoms with E-state index in [9.17, 15) is 4.79 Å². The Morgan fingerprint density at radius 1 is 1.50 bits per heavy atom. The molecule has 1 amide bonds. The molecule has 1 aromatic carbocycles. The highest BCUT2D eigenvalue weighted by atomic mass is 79.9. The zero-order chi connectivity index (χ0) is 13.8. The minimum Gasteiger partial charge on any atom is -0.496 e. The predicted molar refractivity (Wildman–Crippen MR) is 85.9 cm³/mol. The number of carbonyl (C=O) groups is 1. The van der Waals surface area contributed by atoms with Crippen LogP contribution in [0.1, 0.15) is 30.1 Å². The average molecular weight is 364 g/mol. The third-order valence-corrected chi connectivity index (χ3v) is 3.98. The molecule has 1 aliphatic heterocycles. The van der Waals surface area contributed by atoms with Crippen LogP contribution in [0.4, 0.5) is 0 Å². The Morgan fingerprint density at radius 2 is 2.25 bits per heavy atom. The normalized spacial score (nSPS) is 21.8. The van der Waals surface area contributed by atoms with E-state index < -0.39 is 0 Å². The second-order valence-corrected chi connectivity index (χ2v) is 5.73. The third kappa shape index (κ3) is 4.11. The van der Waals surface area contributed by atoms with E-state index >= 15 is 0 Å². The fraction of sp³-hybridized carbons (Fsp3) is 0.500. The van der Waals surface area contributed by atoms with Gasteiger partial charge in [-0.1, -0.05) is 15.9 Å². The molecular formula is C14H20BrClN2O2. The van der Waals surface area contributed by atoms with Gasteiger partial charge in [0.15, 0.2) is 0 Å². The van der Waals surface area contributed by atoms with E-state index in [-0.39, 0.29) is 24.4 Å². The summed E-state index contributed by atoms with van der Waals surface area (Å²) in [5.74, 6) is 0.508. The van der Waals surface area contributed by atoms with Crippen molar-refractivity contribution >= 4 is 34.2 Å². The Kier molecular flexibility index (Phi) is 6.79. The van der Waals surface area contributed by atoms with Crippen LogP contribution < -0.4 is 15.4 Å². The third-order valence-electron chi connectivity index (χ3n) is 3.49. The maximum Gasteiger partial charge on any atom is 0.255 e. The zero-order valence-corrected chi connectivity index (χ0v) is 14.0. The van der Waals surface area contributed by atoms with Gasteiger partial charge in [-0.2, -0.15) is 0 Å². The van der Waals surface area contributed by atoms with Crippen molar-refractivity contribution in [2.45, 2.75) is 31.8 Å². The van der Waals surface area contributed by atoms with Crippen molar-refractivity contribution in [3.8, 4) is 5.75 Å². The number of methoxy groups -OCH3 is 1. The van der Waals surface area contributed by atoms with E-state index in [2.05, 4.69) is 33.5 Å². The number of carbonyl (C=O) groups excluding carboxylic acids is 1. The summed E-state index contributed by atoms with van der Waals surface area (Å²) in [6.45, 7) is 3.12. The molecule has 6 heteroatoms. The number of benzene rings is 1. The smallest absolute Gasteiger partial charge is 0.255 e. The van der Waals surface area contributed by atoms with Crippen molar-refractivity contribution in [1.29, 1.82) is 0 Å². The fourth-order valence-electron chi connectivity index (χ4n) is 2.34. The zero-order valence-electron chi connectivity index (χ0n) is 11.6. The van der Waals surface area contributed by atoms with Gasteiger partial charge in [-0.05, 0) is 44.5 Å². The van der Waals surface area contributed by atoms with E-state index in [1.807, 2.05) is 6.07 Å². The molecule has 0 spiro atoms. The molecule has 112 valence electrons. The van der Waals surface area contributed by atoms with Crippen LogP contribution in [0.2, 0.25) is 0 Å². The van der Waals surface area contributed by atoms with E-state index in [0.717, 1.165) is 23.9 Å². The summed E-state index contributed by atoms with van der Waals surface area (Å²) in [6, 6.07) is 5.91. The molecule has 20 heavy (non-hydrogen) atoms. The number of hydrogen-bond donors (Lipinski definition) is 2. The lowest BCUT2D eigenvalue weighted by Crippen LogP contribution is -2.51. The Bertz CT molecular complexity index is 470. The number of nitrogens with one attached hydrogen (secondary N) is 2. The number of halogens is 2. The van der Waals surface area contributed by atoms with Gasteiger partial charge in [-0.3, -0.25) is 4.79 Å². The van der Waals surface area contributed by atoms with Crippen molar-refractivity contribution in [2.75, 3.05) is 13.7 Å². The predicted octanol–water partition coefficient (Wildman–Crippen LogP) is 2.75. The SMILES string of the molecule is COc1cc(Br)ccc1C(=O)NC1CCCNC1C.Cl. The monoisotopic (exact) mass is 362 g/mol. The Balaban J connectivity index is 0.00000200. The topological polar surface area (TPSA) is 50.4 Å². The van der Waals surface area contributed by atoms with Crippen molar-refractivity contribution in [3.05, 3.63) is 28.2 Å². The molecule has 1 fully saturated rings. The molecule has 4 nitrogen and oxygen atoms in total. The first-order valence-electron chi connectivity index (χ1n) is 6.49. The van der Waals surface area contributed by atoms with E-state index in [0.29, 0.717) is 17.4 Å². The molecule has 0 aliphatic carbocycles. The molecule has 0 saturated carbocycles. The average Bonchev–Trinajstić information content (AvgIpc) is 2.41. The second kappa shape index (κ2) is 7.86. The molecule has 2 atom stereocenters. The Hall–Kier alpha value is -0.780. The van der Waals surface area contributed by atoms with Gasteiger partial charge in [0, 0.05) is 16.6 Å². The summed E-state index contributed by atoms with van der Waals surface area (Å²) in [5.41, 5.74) is 0.573. The fourth-order valence-corrected chi connectivity index (χ4v) is 2.68. The van der Waals surface area contributed by atoms with Gasteiger partial charge in [-0.15, -0.1) is 12.4 Å². The van der Waals surface area contributed by atoms with Crippen LogP contribution in [-0.2, 0) is 0 Å². The molecule has 1 aliphatic rings. The molecule has 0 aromatic heterocycles. The summed E-state index contributed by atoms with van der Waals surface area (Å²) in [7, 11) is 1.57. The molecule has 0 bridgehead atoms. The van der Waals surface area contributed by atoms with Crippen LogP contribution in [0.25, 0.3) is 0 Å². The van der Waals surface area contributed by atoms with Gasteiger partial charge >= 0.3 is 0 Å². The quantitative estimate of drug-likeness (QED) is 0.868. The summed E-state index contributed by atoms with van der Waals surface area (Å²) in [5, 5.41) is 6.46. The number of hydrogen-bond acceptors (Lipinski definition) is 3. The maximum absolute atomic E-state index is 12.3. The molecule has 1 heterocycles. The largest absolute Gasteiger partial charge is 0.496 e. The molecule has 2 rings (SSSR count). The molecule has 1 aromatic rings. The molecule has 2 unspecified atom stereocenters. The van der Waals surface area contributed by atoms with Crippen LogP contribution in [0.3, 0.4) is 0 Å². The highest BCUT2D eigenvalue weighted by Crippen LogP contribution is 2.23. The van der Waals surface area contributed by atoms with E-state index in [1.54, 1.807) is 19.2 Å². The first-order valence-corrected chi connectivity index (χ1v) is 7.29. The van der Waals surface area contributed by atoms with Gasteiger partial charge < -0.3 is 15.4 Å². The first-order chi connectivity index (χ1) is 9.11. The van der Waals surface area contributed by atoms with E-state index in [4.69, 9.17) is 4.74 Å². The Labute approximate surface area is 134 Å². The summed E-state index contributed by atoms with van der Waals surface area (Å²) in [4.78, 5) is 12.3. The van der Waals surface area contributed by atoms with Crippen molar-refractivity contribution in [3.63, 3.8) is 0 Å². The van der Waals surface area contributed by atoms with Crippen LogP contribution in [-0.4, -0.2) is 31.6 Å². The van der Waals surface area contributed by atoms with Crippen LogP contribution in [0.15, 0.2) is 22.7 Å². The van der Waals surface area contributed by atoms with Gasteiger partial charge in [0.05, 0.1) is 12.7 Å². The molecule has 2 N–H and O–H groups in total. The number of ether oxygens (including phenoxy) is 1. The lowest BCUT2D eigenvalue weighted by Gasteiger charge is -2.30. The van der Waals surface area contributed by atoms with Crippen molar-refractivity contribution in [2.24, 2.45) is 0 Å².